The van der Waals surface area contributed by atoms with Gasteiger partial charge >= 0.3 is 0 Å². The summed E-state index contributed by atoms with van der Waals surface area (Å²) in [4.78, 5) is 0. The average Bonchev–Trinajstić information content (AvgIpc) is 2.73. The summed E-state index contributed by atoms with van der Waals surface area (Å²) in [7, 11) is 1.80. The van der Waals surface area contributed by atoms with Crippen LogP contribution in [0.3, 0.4) is 0 Å². The lowest BCUT2D eigenvalue weighted by Crippen LogP contribution is -2.34. The van der Waals surface area contributed by atoms with Crippen molar-refractivity contribution in [3.8, 4) is 5.75 Å². The Morgan fingerprint density at radius 1 is 1.37 bits per heavy atom. The number of hydrazine groups is 1. The van der Waals surface area contributed by atoms with Crippen molar-refractivity contribution >= 4 is 23.2 Å². The fraction of sp³-hybridized carbons (Fsp3) is 0.250. The van der Waals surface area contributed by atoms with Gasteiger partial charge in [-0.25, -0.2) is 5.43 Å². The molecule has 19 heavy (non-hydrogen) atoms. The van der Waals surface area contributed by atoms with E-state index in [1.165, 1.54) is 0 Å². The van der Waals surface area contributed by atoms with Crippen LogP contribution in [-0.2, 0) is 7.05 Å². The lowest BCUT2D eigenvalue weighted by molar-refractivity contribution is 0.261. The number of halogens is 2. The molecule has 1 heterocycles. The third-order valence-corrected chi connectivity index (χ3v) is 3.24. The van der Waals surface area contributed by atoms with E-state index in [4.69, 9.17) is 33.8 Å². The van der Waals surface area contributed by atoms with Crippen LogP contribution in [0.15, 0.2) is 30.5 Å². The molecule has 0 bridgehead atoms. The fourth-order valence-electron chi connectivity index (χ4n) is 1.73. The maximum atomic E-state index is 6.07. The van der Waals surface area contributed by atoms with Gasteiger partial charge in [-0.1, -0.05) is 23.2 Å². The SMILES string of the molecule is Cn1ncc(Cl)c1C(COc1ccc(Cl)cc1)NN. The van der Waals surface area contributed by atoms with Crippen LogP contribution < -0.4 is 16.0 Å². The Bertz CT molecular complexity index is 522. The molecule has 0 fully saturated rings. The Kier molecular flexibility index (Phi) is 4.66. The molecule has 0 aliphatic rings. The minimum atomic E-state index is -0.254. The molecular weight excluding hydrogens is 287 g/mol. The number of hydrogen-bond acceptors (Lipinski definition) is 4. The van der Waals surface area contributed by atoms with Crippen molar-refractivity contribution in [3.05, 3.63) is 46.2 Å². The summed E-state index contributed by atoms with van der Waals surface area (Å²) in [5.74, 6) is 6.25. The molecule has 0 aliphatic carbocycles. The monoisotopic (exact) mass is 300 g/mol. The Balaban J connectivity index is 2.06. The maximum Gasteiger partial charge on any atom is 0.119 e. The third kappa shape index (κ3) is 3.39. The zero-order valence-electron chi connectivity index (χ0n) is 10.3. The van der Waals surface area contributed by atoms with Crippen molar-refractivity contribution in [2.45, 2.75) is 6.04 Å². The molecule has 7 heteroatoms. The van der Waals surface area contributed by atoms with Crippen LogP contribution >= 0.6 is 23.2 Å². The van der Waals surface area contributed by atoms with Gasteiger partial charge in [-0.2, -0.15) is 5.10 Å². The molecule has 1 unspecified atom stereocenters. The molecule has 0 amide bonds. The number of benzene rings is 1. The first kappa shape index (κ1) is 14.1. The molecule has 0 aliphatic heterocycles. The van der Waals surface area contributed by atoms with Gasteiger partial charge in [0.25, 0.3) is 0 Å². The summed E-state index contributed by atoms with van der Waals surface area (Å²) in [5, 5.41) is 5.28. The Hall–Kier alpha value is -1.27. The molecule has 3 N–H and O–H groups in total. The van der Waals surface area contributed by atoms with Crippen LogP contribution in [0.5, 0.6) is 5.75 Å². The van der Waals surface area contributed by atoms with Gasteiger partial charge in [0.15, 0.2) is 0 Å². The predicted octanol–water partition coefficient (Wildman–Crippen LogP) is 2.31. The summed E-state index contributed by atoms with van der Waals surface area (Å²) in [6.45, 7) is 0.331. The summed E-state index contributed by atoms with van der Waals surface area (Å²) in [6, 6.07) is 6.86. The largest absolute Gasteiger partial charge is 0.491 e. The second-order valence-electron chi connectivity index (χ2n) is 3.99. The maximum absolute atomic E-state index is 6.07. The van der Waals surface area contributed by atoms with Gasteiger partial charge in [0.2, 0.25) is 0 Å². The number of nitrogens with two attached hydrogens (primary N) is 1. The van der Waals surface area contributed by atoms with Crippen LogP contribution in [0.4, 0.5) is 0 Å². The minimum Gasteiger partial charge on any atom is -0.491 e. The summed E-state index contributed by atoms with van der Waals surface area (Å²) in [5.41, 5.74) is 3.45. The van der Waals surface area contributed by atoms with Crippen molar-refractivity contribution in [2.24, 2.45) is 12.9 Å². The number of aromatic nitrogens is 2. The second-order valence-corrected chi connectivity index (χ2v) is 4.83. The molecule has 5 nitrogen and oxygen atoms in total. The first-order valence-electron chi connectivity index (χ1n) is 5.63. The van der Waals surface area contributed by atoms with Crippen molar-refractivity contribution in [2.75, 3.05) is 6.61 Å². The van der Waals surface area contributed by atoms with Gasteiger partial charge < -0.3 is 4.74 Å². The van der Waals surface area contributed by atoms with Crippen molar-refractivity contribution in [1.29, 1.82) is 0 Å². The number of ether oxygens (including phenoxy) is 1. The number of hydrogen-bond donors (Lipinski definition) is 2. The van der Waals surface area contributed by atoms with E-state index in [9.17, 15) is 0 Å². The van der Waals surface area contributed by atoms with Gasteiger partial charge in [-0.15, -0.1) is 0 Å². The van der Waals surface area contributed by atoms with Gasteiger partial charge in [-0.3, -0.25) is 10.5 Å². The van der Waals surface area contributed by atoms with Gasteiger partial charge in [-0.05, 0) is 24.3 Å². The number of aryl methyl sites for hydroxylation is 1. The van der Waals surface area contributed by atoms with E-state index in [1.807, 2.05) is 0 Å². The normalized spacial score (nSPS) is 12.4. The quantitative estimate of drug-likeness (QED) is 0.657. The molecule has 1 aromatic heterocycles. The molecule has 0 spiro atoms. The number of rotatable bonds is 5. The predicted molar refractivity (Wildman–Crippen MR) is 75.2 cm³/mol. The third-order valence-electron chi connectivity index (χ3n) is 2.70. The zero-order valence-corrected chi connectivity index (χ0v) is 11.8. The molecule has 2 rings (SSSR count). The lowest BCUT2D eigenvalue weighted by atomic mass is 10.2. The molecule has 1 atom stereocenters. The van der Waals surface area contributed by atoms with Crippen molar-refractivity contribution in [1.82, 2.24) is 15.2 Å². The van der Waals surface area contributed by atoms with Crippen LogP contribution in [0.25, 0.3) is 0 Å². The van der Waals surface area contributed by atoms with Crippen molar-refractivity contribution in [3.63, 3.8) is 0 Å². The van der Waals surface area contributed by atoms with Crippen LogP contribution in [0.2, 0.25) is 10.0 Å². The van der Waals surface area contributed by atoms with E-state index in [-0.39, 0.29) is 6.04 Å². The highest BCUT2D eigenvalue weighted by Gasteiger charge is 2.18. The standard InChI is InChI=1S/C12H14Cl2N4O/c1-18-12(10(14)6-16-18)11(17-15)7-19-9-4-2-8(13)3-5-9/h2-6,11,17H,7,15H2,1H3. The van der Waals surface area contributed by atoms with E-state index in [1.54, 1.807) is 42.2 Å². The lowest BCUT2D eigenvalue weighted by Gasteiger charge is -2.17. The first-order chi connectivity index (χ1) is 9.11. The molecule has 0 radical (unpaired) electrons. The number of nitrogens with one attached hydrogen (secondary N) is 1. The van der Waals surface area contributed by atoms with Crippen LogP contribution in [0.1, 0.15) is 11.7 Å². The highest BCUT2D eigenvalue weighted by atomic mass is 35.5. The summed E-state index contributed by atoms with van der Waals surface area (Å²) >= 11 is 11.9. The Morgan fingerprint density at radius 2 is 2.05 bits per heavy atom. The van der Waals surface area contributed by atoms with Gasteiger partial charge in [0.1, 0.15) is 12.4 Å². The van der Waals surface area contributed by atoms with Crippen molar-refractivity contribution < 1.29 is 4.74 Å². The summed E-state index contributed by atoms with van der Waals surface area (Å²) < 4.78 is 7.31. The first-order valence-corrected chi connectivity index (χ1v) is 6.39. The van der Waals surface area contributed by atoms with E-state index in [0.29, 0.717) is 22.4 Å². The molecule has 2 aromatic rings. The molecule has 102 valence electrons. The minimum absolute atomic E-state index is 0.254. The second kappa shape index (κ2) is 6.25. The van der Waals surface area contributed by atoms with E-state index in [0.717, 1.165) is 5.69 Å². The van der Waals surface area contributed by atoms with E-state index in [2.05, 4.69) is 10.5 Å². The molecule has 1 aromatic carbocycles. The number of nitrogens with zero attached hydrogens (tertiary/aromatic N) is 2. The molecule has 0 saturated heterocycles. The van der Waals surface area contributed by atoms with Gasteiger partial charge in [0, 0.05) is 12.1 Å². The zero-order chi connectivity index (χ0) is 13.8. The fourth-order valence-corrected chi connectivity index (χ4v) is 2.15. The van der Waals surface area contributed by atoms with E-state index < -0.39 is 0 Å². The smallest absolute Gasteiger partial charge is 0.119 e. The highest BCUT2D eigenvalue weighted by molar-refractivity contribution is 6.31. The average molecular weight is 301 g/mol. The summed E-state index contributed by atoms with van der Waals surface area (Å²) in [6.07, 6.45) is 1.57. The van der Waals surface area contributed by atoms with Crippen LogP contribution in [0, 0.1) is 0 Å². The molecular formula is C12H14Cl2N4O. The molecule has 0 saturated carbocycles. The Morgan fingerprint density at radius 3 is 2.58 bits per heavy atom. The van der Waals surface area contributed by atoms with Crippen LogP contribution in [-0.4, -0.2) is 16.4 Å². The topological polar surface area (TPSA) is 65.1 Å². The van der Waals surface area contributed by atoms with Gasteiger partial charge in [0.05, 0.1) is 23.0 Å². The Labute approximate surface area is 121 Å². The van der Waals surface area contributed by atoms with E-state index >= 15 is 0 Å². The highest BCUT2D eigenvalue weighted by Crippen LogP contribution is 2.23.